The Bertz CT molecular complexity index is 3240. The molecule has 64 heavy (non-hydrogen) atoms. The quantitative estimate of drug-likeness (QED) is 0.150. The zero-order valence-corrected chi connectivity index (χ0v) is 34.6. The van der Waals surface area contributed by atoms with Gasteiger partial charge < -0.3 is 14.4 Å². The smallest absolute Gasteiger partial charge is 0.238 e. The normalized spacial score (nSPS) is 14.2. The van der Waals surface area contributed by atoms with E-state index >= 15 is 0 Å². The average Bonchev–Trinajstić information content (AvgIpc) is 3.37. The van der Waals surface area contributed by atoms with Crippen LogP contribution in [0.15, 0.2) is 237 Å². The van der Waals surface area contributed by atoms with Crippen LogP contribution in [-0.4, -0.2) is 10.1 Å². The van der Waals surface area contributed by atoms with Crippen molar-refractivity contribution in [1.82, 2.24) is 10.1 Å². The largest absolute Gasteiger partial charge is 0.457 e. The van der Waals surface area contributed by atoms with Gasteiger partial charge >= 0.3 is 0 Å². The molecule has 1 aromatic heterocycles. The minimum absolute atomic E-state index is 0.588. The number of aromatic nitrogens is 3. The van der Waals surface area contributed by atoms with E-state index in [1.165, 1.54) is 0 Å². The van der Waals surface area contributed by atoms with Crippen LogP contribution in [0.5, 0.6) is 23.0 Å². The topological polar surface area (TPSA) is 51.4 Å². The van der Waals surface area contributed by atoms with Gasteiger partial charge in [-0.1, -0.05) is 146 Å². The van der Waals surface area contributed by atoms with Crippen LogP contribution in [0, 0.1) is 0 Å². The summed E-state index contributed by atoms with van der Waals surface area (Å²) in [5, 5.41) is 5.18. The number of benzene rings is 9. The Morgan fingerprint density at radius 3 is 1.58 bits per heavy atom. The Hall–Kier alpha value is -8.61. The fraction of sp³-hybridized carbons (Fsp3) is 0.0172. The molecule has 6 nitrogen and oxygen atoms in total. The lowest BCUT2D eigenvalue weighted by Gasteiger charge is -2.45. The summed E-state index contributed by atoms with van der Waals surface area (Å²) >= 11 is 0. The van der Waals surface area contributed by atoms with Crippen molar-refractivity contribution in [3.8, 4) is 62.5 Å². The van der Waals surface area contributed by atoms with E-state index in [4.69, 9.17) is 19.6 Å². The van der Waals surface area contributed by atoms with Gasteiger partial charge in [-0.3, -0.25) is 0 Å². The van der Waals surface area contributed by atoms with E-state index in [0.29, 0.717) is 5.82 Å². The fourth-order valence-electron chi connectivity index (χ4n) is 9.40. The van der Waals surface area contributed by atoms with Gasteiger partial charge in [0.15, 0.2) is 0 Å². The molecule has 0 radical (unpaired) electrons. The number of fused-ring (bicyclic) bond motifs is 8. The minimum Gasteiger partial charge on any atom is -0.457 e. The SMILES string of the molecule is c1ccc(-c2cccc(N(c3ccccc3)c3ccc4c(c3)C3(c5ccccc5Oc5ccc(-c6nc(-c7ccccc7)c[n+](-c7ccccc7)n6)cc53)c3ccccc3O4)c2)cc1. The van der Waals surface area contributed by atoms with Crippen molar-refractivity contribution in [2.75, 3.05) is 4.90 Å². The molecule has 0 amide bonds. The fourth-order valence-corrected chi connectivity index (χ4v) is 9.40. The Balaban J connectivity index is 1.11. The molecule has 10 aromatic rings. The van der Waals surface area contributed by atoms with Crippen molar-refractivity contribution in [3.05, 3.63) is 259 Å². The molecule has 0 fully saturated rings. The lowest BCUT2D eigenvalue weighted by atomic mass is 9.62. The summed E-state index contributed by atoms with van der Waals surface area (Å²) in [7, 11) is 0. The van der Waals surface area contributed by atoms with E-state index in [1.54, 1.807) is 0 Å². The van der Waals surface area contributed by atoms with Gasteiger partial charge in [-0.2, -0.15) is 0 Å². The summed E-state index contributed by atoms with van der Waals surface area (Å²) < 4.78 is 15.7. The number of rotatable bonds is 7. The third kappa shape index (κ3) is 6.23. The Labute approximate surface area is 371 Å². The van der Waals surface area contributed by atoms with E-state index in [1.807, 2.05) is 59.4 Å². The van der Waals surface area contributed by atoms with Crippen molar-refractivity contribution in [3.63, 3.8) is 0 Å². The summed E-state index contributed by atoms with van der Waals surface area (Å²) in [4.78, 5) is 7.57. The van der Waals surface area contributed by atoms with Gasteiger partial charge in [-0.05, 0) is 88.6 Å². The summed E-state index contributed by atoms with van der Waals surface area (Å²) in [6.07, 6.45) is 1.99. The van der Waals surface area contributed by atoms with E-state index in [9.17, 15) is 0 Å². The molecule has 0 aliphatic carbocycles. The lowest BCUT2D eigenvalue weighted by Crippen LogP contribution is -2.37. The highest BCUT2D eigenvalue weighted by Gasteiger charge is 2.51. The van der Waals surface area contributed by atoms with Gasteiger partial charge in [0, 0.05) is 67.7 Å². The predicted octanol–water partition coefficient (Wildman–Crippen LogP) is 13.8. The van der Waals surface area contributed by atoms with Crippen molar-refractivity contribution in [2.24, 2.45) is 0 Å². The molecule has 0 bridgehead atoms. The summed E-state index contributed by atoms with van der Waals surface area (Å²) in [6, 6.07) is 80.0. The van der Waals surface area contributed by atoms with Gasteiger partial charge in [0.2, 0.25) is 17.7 Å². The van der Waals surface area contributed by atoms with Crippen molar-refractivity contribution < 1.29 is 14.2 Å². The molecule has 302 valence electrons. The first-order chi connectivity index (χ1) is 31.7. The first-order valence-electron chi connectivity index (χ1n) is 21.5. The first kappa shape index (κ1) is 37.2. The number of para-hydroxylation sites is 4. The Morgan fingerprint density at radius 2 is 0.891 bits per heavy atom. The third-order valence-electron chi connectivity index (χ3n) is 12.3. The van der Waals surface area contributed by atoms with Crippen LogP contribution in [0.4, 0.5) is 17.1 Å². The van der Waals surface area contributed by atoms with Crippen LogP contribution in [0.3, 0.4) is 0 Å². The highest BCUT2D eigenvalue weighted by molar-refractivity contribution is 5.84. The van der Waals surface area contributed by atoms with E-state index in [2.05, 4.69) is 187 Å². The van der Waals surface area contributed by atoms with E-state index in [0.717, 1.165) is 95.9 Å². The highest BCUT2D eigenvalue weighted by atomic mass is 16.5. The molecule has 3 heterocycles. The Morgan fingerprint density at radius 1 is 0.375 bits per heavy atom. The molecule has 2 aliphatic rings. The van der Waals surface area contributed by atoms with Gasteiger partial charge in [-0.15, -0.1) is 0 Å². The minimum atomic E-state index is -0.874. The molecular formula is C58H39N4O2+. The van der Waals surface area contributed by atoms with Crippen molar-refractivity contribution >= 4 is 17.1 Å². The molecule has 9 aromatic carbocycles. The van der Waals surface area contributed by atoms with Crippen LogP contribution in [-0.2, 0) is 5.41 Å². The molecule has 0 saturated carbocycles. The Kier molecular flexibility index (Phi) is 8.94. The number of hydrogen-bond donors (Lipinski definition) is 0. The number of ether oxygens (including phenoxy) is 2. The van der Waals surface area contributed by atoms with Crippen molar-refractivity contribution in [1.29, 1.82) is 0 Å². The molecule has 1 unspecified atom stereocenters. The van der Waals surface area contributed by atoms with E-state index in [-0.39, 0.29) is 0 Å². The second-order valence-corrected chi connectivity index (χ2v) is 16.0. The second-order valence-electron chi connectivity index (χ2n) is 16.0. The van der Waals surface area contributed by atoms with Crippen LogP contribution in [0.25, 0.3) is 39.5 Å². The van der Waals surface area contributed by atoms with Crippen LogP contribution in [0.2, 0.25) is 0 Å². The molecular weight excluding hydrogens is 785 g/mol. The third-order valence-corrected chi connectivity index (χ3v) is 12.3. The van der Waals surface area contributed by atoms with Gasteiger partial charge in [0.05, 0.1) is 5.41 Å². The van der Waals surface area contributed by atoms with Gasteiger partial charge in [-0.25, -0.2) is 4.98 Å². The zero-order chi connectivity index (χ0) is 42.5. The maximum atomic E-state index is 6.92. The molecule has 0 N–H and O–H groups in total. The predicted molar refractivity (Wildman–Crippen MR) is 253 cm³/mol. The molecule has 12 rings (SSSR count). The first-order valence-corrected chi connectivity index (χ1v) is 21.5. The van der Waals surface area contributed by atoms with Gasteiger partial charge in [0.25, 0.3) is 0 Å². The average molecular weight is 824 g/mol. The molecule has 1 atom stereocenters. The molecule has 0 saturated heterocycles. The maximum absolute atomic E-state index is 6.92. The number of nitrogens with zero attached hydrogens (tertiary/aromatic N) is 4. The van der Waals surface area contributed by atoms with E-state index < -0.39 is 5.41 Å². The molecule has 1 spiro atoms. The number of hydrogen-bond acceptors (Lipinski definition) is 5. The maximum Gasteiger partial charge on any atom is 0.238 e. The van der Waals surface area contributed by atoms with Crippen LogP contribution >= 0.6 is 0 Å². The van der Waals surface area contributed by atoms with Crippen LogP contribution in [0.1, 0.15) is 22.3 Å². The van der Waals surface area contributed by atoms with Crippen LogP contribution < -0.4 is 19.1 Å². The summed E-state index contributed by atoms with van der Waals surface area (Å²) in [5.74, 6) is 3.68. The van der Waals surface area contributed by atoms with Gasteiger partial charge in [0.1, 0.15) is 28.7 Å². The molecule has 6 heteroatoms. The highest BCUT2D eigenvalue weighted by Crippen LogP contribution is 2.62. The second kappa shape index (κ2) is 15.4. The standard InChI is InChI=1S/C58H39N4O2/c1-5-18-40(19-6-1)42-22-17-27-46(36-42)62(45-25-11-4-12-26-45)47-33-35-56-51(38-47)58(49-29-14-16-31-54(49)64-56)48-28-13-15-30-53(48)63-55-34-32-43(37-50(55)58)57-59-52(41-20-7-2-8-21-41)39-61(60-57)44-23-9-3-10-24-44/h1-39H/q+1. The summed E-state index contributed by atoms with van der Waals surface area (Å²) in [6.45, 7) is 0. The molecule has 2 aliphatic heterocycles. The summed E-state index contributed by atoms with van der Waals surface area (Å²) in [5.41, 5.74) is 12.1. The monoisotopic (exact) mass is 823 g/mol. The zero-order valence-electron chi connectivity index (χ0n) is 34.6. The lowest BCUT2D eigenvalue weighted by molar-refractivity contribution is -0.658. The number of anilines is 3. The van der Waals surface area contributed by atoms with Crippen molar-refractivity contribution in [2.45, 2.75) is 5.41 Å².